The van der Waals surface area contributed by atoms with Crippen molar-refractivity contribution in [3.63, 3.8) is 0 Å². The van der Waals surface area contributed by atoms with E-state index in [1.807, 2.05) is 52.7 Å². The van der Waals surface area contributed by atoms with Gasteiger partial charge in [-0.3, -0.25) is 4.79 Å². The molecule has 1 amide bonds. The molecular weight excluding hydrogens is 396 g/mol. The lowest BCUT2D eigenvalue weighted by Crippen LogP contribution is -2.32. The molecule has 0 unspecified atom stereocenters. The summed E-state index contributed by atoms with van der Waals surface area (Å²) in [5, 5.41) is 2.90. The summed E-state index contributed by atoms with van der Waals surface area (Å²) >= 11 is 1.56. The molecule has 1 aromatic heterocycles. The number of nitrogens with zero attached hydrogens (tertiary/aromatic N) is 2. The van der Waals surface area contributed by atoms with E-state index in [9.17, 15) is 4.79 Å². The summed E-state index contributed by atoms with van der Waals surface area (Å²) in [7, 11) is 1.67. The average Bonchev–Trinajstić information content (AvgIpc) is 3.21. The molecule has 5 nitrogen and oxygen atoms in total. The van der Waals surface area contributed by atoms with Crippen LogP contribution in [-0.4, -0.2) is 36.1 Å². The third-order valence-electron chi connectivity index (χ3n) is 4.88. The van der Waals surface area contributed by atoms with Gasteiger partial charge in [0, 0.05) is 31.2 Å². The average molecular weight is 425 g/mol. The minimum absolute atomic E-state index is 0.00707. The van der Waals surface area contributed by atoms with Gasteiger partial charge in [-0.2, -0.15) is 0 Å². The summed E-state index contributed by atoms with van der Waals surface area (Å²) in [5.41, 5.74) is 4.01. The van der Waals surface area contributed by atoms with E-state index in [-0.39, 0.29) is 5.91 Å². The normalized spacial score (nSPS) is 10.8. The third-order valence-corrected chi connectivity index (χ3v) is 5.75. The maximum Gasteiger partial charge on any atom is 0.254 e. The molecule has 1 heterocycles. The molecule has 3 aromatic rings. The first-order valence-electron chi connectivity index (χ1n) is 10.0. The molecule has 0 saturated carbocycles. The summed E-state index contributed by atoms with van der Waals surface area (Å²) in [4.78, 5) is 19.5. The van der Waals surface area contributed by atoms with Crippen LogP contribution in [0.1, 0.15) is 38.6 Å². The number of amides is 1. The molecule has 0 bridgehead atoms. The van der Waals surface area contributed by atoms with Crippen molar-refractivity contribution in [3.8, 4) is 5.75 Å². The Bertz CT molecular complexity index is 956. The fraction of sp³-hybridized carbons (Fsp3) is 0.333. The van der Waals surface area contributed by atoms with Crippen LogP contribution in [0.2, 0.25) is 0 Å². The number of carbonyl (C=O) groups excluding carboxylic acids is 1. The fourth-order valence-electron chi connectivity index (χ4n) is 3.05. The standard InChI is InChI=1S/C24H28N2O3S/c1-18-10-11-22(14-19(18)2)29-16-23-25-21(17-30-23)15-26(12-7-13-28-3)24(27)20-8-5-4-6-9-20/h4-6,8-11,14,17H,7,12-13,15-16H2,1-3H3. The molecule has 0 spiro atoms. The Morgan fingerprint density at radius 1 is 1.10 bits per heavy atom. The predicted molar refractivity (Wildman–Crippen MR) is 120 cm³/mol. The van der Waals surface area contributed by atoms with E-state index < -0.39 is 0 Å². The van der Waals surface area contributed by atoms with Gasteiger partial charge in [0.2, 0.25) is 0 Å². The highest BCUT2D eigenvalue weighted by Gasteiger charge is 2.17. The molecule has 6 heteroatoms. The van der Waals surface area contributed by atoms with Crippen LogP contribution < -0.4 is 4.74 Å². The second-order valence-corrected chi connectivity index (χ2v) is 8.15. The molecule has 0 atom stereocenters. The monoisotopic (exact) mass is 424 g/mol. The number of aryl methyl sites for hydroxylation is 2. The highest BCUT2D eigenvalue weighted by molar-refractivity contribution is 7.09. The Morgan fingerprint density at radius 3 is 2.63 bits per heavy atom. The van der Waals surface area contributed by atoms with E-state index in [2.05, 4.69) is 24.9 Å². The number of ether oxygens (including phenoxy) is 2. The summed E-state index contributed by atoms with van der Waals surface area (Å²) in [6, 6.07) is 15.4. The number of carbonyl (C=O) groups is 1. The molecular formula is C24H28N2O3S. The Labute approximate surface area is 182 Å². The van der Waals surface area contributed by atoms with Crippen molar-refractivity contribution in [2.75, 3.05) is 20.3 Å². The zero-order valence-corrected chi connectivity index (χ0v) is 18.6. The van der Waals surface area contributed by atoms with Crippen molar-refractivity contribution in [2.45, 2.75) is 33.4 Å². The smallest absolute Gasteiger partial charge is 0.254 e. The van der Waals surface area contributed by atoms with Crippen LogP contribution in [0.5, 0.6) is 5.75 Å². The van der Waals surface area contributed by atoms with Gasteiger partial charge in [-0.1, -0.05) is 24.3 Å². The maximum atomic E-state index is 13.0. The van der Waals surface area contributed by atoms with Crippen LogP contribution in [0, 0.1) is 13.8 Å². The highest BCUT2D eigenvalue weighted by Crippen LogP contribution is 2.20. The number of rotatable bonds is 10. The first kappa shape index (κ1) is 22.0. The lowest BCUT2D eigenvalue weighted by molar-refractivity contribution is 0.0721. The Kier molecular flexibility index (Phi) is 7.99. The molecule has 0 saturated heterocycles. The second-order valence-electron chi connectivity index (χ2n) is 7.21. The van der Waals surface area contributed by atoms with Gasteiger partial charge in [-0.25, -0.2) is 4.98 Å². The molecule has 0 radical (unpaired) electrons. The summed E-state index contributed by atoms with van der Waals surface area (Å²) in [5.74, 6) is 0.850. The maximum absolute atomic E-state index is 13.0. The first-order valence-corrected chi connectivity index (χ1v) is 10.9. The minimum Gasteiger partial charge on any atom is -0.486 e. The van der Waals surface area contributed by atoms with Crippen molar-refractivity contribution in [2.24, 2.45) is 0 Å². The van der Waals surface area contributed by atoms with E-state index in [1.165, 1.54) is 11.1 Å². The van der Waals surface area contributed by atoms with Gasteiger partial charge in [-0.05, 0) is 55.7 Å². The molecule has 3 rings (SSSR count). The van der Waals surface area contributed by atoms with Crippen LogP contribution in [0.4, 0.5) is 0 Å². The number of hydrogen-bond donors (Lipinski definition) is 0. The quantitative estimate of drug-likeness (QED) is 0.429. The van der Waals surface area contributed by atoms with Crippen molar-refractivity contribution in [1.29, 1.82) is 0 Å². The van der Waals surface area contributed by atoms with Gasteiger partial charge >= 0.3 is 0 Å². The van der Waals surface area contributed by atoms with E-state index >= 15 is 0 Å². The van der Waals surface area contributed by atoms with Crippen molar-refractivity contribution < 1.29 is 14.3 Å². The van der Waals surface area contributed by atoms with Crippen LogP contribution in [-0.2, 0) is 17.9 Å². The summed E-state index contributed by atoms with van der Waals surface area (Å²) in [6.45, 7) is 6.28. The minimum atomic E-state index is 0.00707. The van der Waals surface area contributed by atoms with Gasteiger partial charge in [0.1, 0.15) is 17.4 Å². The van der Waals surface area contributed by atoms with Gasteiger partial charge < -0.3 is 14.4 Å². The largest absolute Gasteiger partial charge is 0.486 e. The Hall–Kier alpha value is -2.70. The zero-order chi connectivity index (χ0) is 21.3. The third kappa shape index (κ3) is 6.15. The Morgan fingerprint density at radius 2 is 1.90 bits per heavy atom. The zero-order valence-electron chi connectivity index (χ0n) is 17.8. The molecule has 158 valence electrons. The molecule has 0 fully saturated rings. The number of hydrogen-bond acceptors (Lipinski definition) is 5. The Balaban J connectivity index is 1.63. The van der Waals surface area contributed by atoms with Crippen LogP contribution in [0.15, 0.2) is 53.9 Å². The van der Waals surface area contributed by atoms with Crippen molar-refractivity contribution in [1.82, 2.24) is 9.88 Å². The number of aromatic nitrogens is 1. The first-order chi connectivity index (χ1) is 14.6. The van der Waals surface area contributed by atoms with Gasteiger partial charge in [0.15, 0.2) is 0 Å². The lowest BCUT2D eigenvalue weighted by atomic mass is 10.1. The van der Waals surface area contributed by atoms with Crippen molar-refractivity contribution in [3.05, 3.63) is 81.3 Å². The van der Waals surface area contributed by atoms with Crippen LogP contribution in [0.3, 0.4) is 0 Å². The van der Waals surface area contributed by atoms with Gasteiger partial charge in [0.25, 0.3) is 5.91 Å². The molecule has 2 aromatic carbocycles. The second kappa shape index (κ2) is 10.9. The van der Waals surface area contributed by atoms with Crippen LogP contribution in [0.25, 0.3) is 0 Å². The van der Waals surface area contributed by atoms with E-state index in [0.717, 1.165) is 22.9 Å². The van der Waals surface area contributed by atoms with Gasteiger partial charge in [0.05, 0.1) is 12.2 Å². The number of benzene rings is 2. The van der Waals surface area contributed by atoms with E-state index in [0.29, 0.717) is 31.9 Å². The molecule has 0 aliphatic rings. The number of thiazole rings is 1. The highest BCUT2D eigenvalue weighted by atomic mass is 32.1. The number of methoxy groups -OCH3 is 1. The van der Waals surface area contributed by atoms with E-state index in [1.54, 1.807) is 18.4 Å². The topological polar surface area (TPSA) is 51.7 Å². The van der Waals surface area contributed by atoms with Crippen molar-refractivity contribution >= 4 is 17.2 Å². The van der Waals surface area contributed by atoms with E-state index in [4.69, 9.17) is 9.47 Å². The molecule has 0 aliphatic carbocycles. The molecule has 0 N–H and O–H groups in total. The molecule has 30 heavy (non-hydrogen) atoms. The van der Waals surface area contributed by atoms with Crippen LogP contribution >= 0.6 is 11.3 Å². The predicted octanol–water partition coefficient (Wildman–Crippen LogP) is 5.02. The van der Waals surface area contributed by atoms with Gasteiger partial charge in [-0.15, -0.1) is 11.3 Å². The molecule has 0 aliphatic heterocycles. The SMILES string of the molecule is COCCCN(Cc1csc(COc2ccc(C)c(C)c2)n1)C(=O)c1ccccc1. The summed E-state index contributed by atoms with van der Waals surface area (Å²) < 4.78 is 11.0. The summed E-state index contributed by atoms with van der Waals surface area (Å²) in [6.07, 6.45) is 0.780. The fourth-order valence-corrected chi connectivity index (χ4v) is 3.74. The lowest BCUT2D eigenvalue weighted by Gasteiger charge is -2.22.